The van der Waals surface area contributed by atoms with Gasteiger partial charge in [0.15, 0.2) is 0 Å². The first-order valence-electron chi connectivity index (χ1n) is 7.92. The van der Waals surface area contributed by atoms with Gasteiger partial charge >= 0.3 is 0 Å². The number of aliphatic hydroxyl groups excluding tert-OH is 1. The van der Waals surface area contributed by atoms with Crippen LogP contribution in [0.5, 0.6) is 0 Å². The van der Waals surface area contributed by atoms with Crippen LogP contribution < -0.4 is 4.90 Å². The second-order valence-electron chi connectivity index (χ2n) is 6.02. The summed E-state index contributed by atoms with van der Waals surface area (Å²) in [6.45, 7) is 2.67. The number of anilines is 1. The molecule has 4 nitrogen and oxygen atoms in total. The van der Waals surface area contributed by atoms with Gasteiger partial charge in [-0.05, 0) is 24.1 Å². The predicted molar refractivity (Wildman–Crippen MR) is 93.7 cm³/mol. The Morgan fingerprint density at radius 3 is 2.87 bits per heavy atom. The second-order valence-corrected chi connectivity index (χ2v) is 6.43. The highest BCUT2D eigenvalue weighted by molar-refractivity contribution is 6.31. The van der Waals surface area contributed by atoms with Gasteiger partial charge in [0.25, 0.3) is 0 Å². The van der Waals surface area contributed by atoms with Crippen LogP contribution >= 0.6 is 11.6 Å². The molecule has 0 saturated heterocycles. The van der Waals surface area contributed by atoms with Crippen LogP contribution in [0, 0.1) is 0 Å². The molecule has 2 heterocycles. The van der Waals surface area contributed by atoms with E-state index < -0.39 is 0 Å². The first kappa shape index (κ1) is 16.2. The fraction of sp³-hybridized carbons (Fsp3) is 0.389. The van der Waals surface area contributed by atoms with Gasteiger partial charge in [0.2, 0.25) is 0 Å². The highest BCUT2D eigenvalue weighted by Crippen LogP contribution is 2.26. The van der Waals surface area contributed by atoms with E-state index in [9.17, 15) is 5.11 Å². The third-order valence-corrected chi connectivity index (χ3v) is 4.85. The van der Waals surface area contributed by atoms with Crippen molar-refractivity contribution in [3.63, 3.8) is 0 Å². The number of hydrogen-bond donors (Lipinski definition) is 1. The number of aliphatic hydroxyl groups is 1. The third-order valence-electron chi connectivity index (χ3n) is 4.48. The van der Waals surface area contributed by atoms with Crippen molar-refractivity contribution in [3.8, 4) is 0 Å². The summed E-state index contributed by atoms with van der Waals surface area (Å²) in [5.41, 5.74) is 2.31. The molecule has 1 aromatic carbocycles. The number of aromatic nitrogens is 1. The van der Waals surface area contributed by atoms with Gasteiger partial charge < -0.3 is 10.0 Å². The highest BCUT2D eigenvalue weighted by atomic mass is 35.5. The Morgan fingerprint density at radius 2 is 2.09 bits per heavy atom. The minimum Gasteiger partial charge on any atom is -0.394 e. The number of nitrogens with zero attached hydrogens (tertiary/aromatic N) is 3. The minimum absolute atomic E-state index is 0.0812. The zero-order valence-electron chi connectivity index (χ0n) is 13.3. The highest BCUT2D eigenvalue weighted by Gasteiger charge is 2.23. The normalized spacial score (nSPS) is 19.1. The first-order valence-corrected chi connectivity index (χ1v) is 8.30. The molecule has 1 aromatic heterocycles. The van der Waals surface area contributed by atoms with E-state index in [1.54, 1.807) is 0 Å². The largest absolute Gasteiger partial charge is 0.394 e. The molecule has 0 radical (unpaired) electrons. The van der Waals surface area contributed by atoms with E-state index >= 15 is 0 Å². The van der Waals surface area contributed by atoms with Gasteiger partial charge in [-0.25, -0.2) is 4.98 Å². The fourth-order valence-corrected chi connectivity index (χ4v) is 3.30. The van der Waals surface area contributed by atoms with Gasteiger partial charge in [0.05, 0.1) is 12.6 Å². The summed E-state index contributed by atoms with van der Waals surface area (Å²) in [6.07, 6.45) is 2.71. The average molecular weight is 332 g/mol. The number of rotatable bonds is 3. The minimum atomic E-state index is 0.0812. The van der Waals surface area contributed by atoms with Crippen LogP contribution in [0.4, 0.5) is 5.82 Å². The van der Waals surface area contributed by atoms with Crippen LogP contribution in [0.3, 0.4) is 0 Å². The van der Waals surface area contributed by atoms with Crippen LogP contribution in [0.1, 0.15) is 17.5 Å². The second kappa shape index (κ2) is 7.30. The maximum atomic E-state index is 9.71. The number of benzene rings is 1. The van der Waals surface area contributed by atoms with Crippen LogP contribution in [0.2, 0.25) is 5.02 Å². The lowest BCUT2D eigenvalue weighted by molar-refractivity contribution is 0.205. The van der Waals surface area contributed by atoms with Gasteiger partial charge in [-0.2, -0.15) is 0 Å². The van der Waals surface area contributed by atoms with E-state index in [0.29, 0.717) is 0 Å². The summed E-state index contributed by atoms with van der Waals surface area (Å²) >= 11 is 6.31. The number of hydrogen-bond acceptors (Lipinski definition) is 4. The molecule has 0 saturated carbocycles. The molecule has 0 bridgehead atoms. The van der Waals surface area contributed by atoms with Crippen molar-refractivity contribution in [1.29, 1.82) is 0 Å². The predicted octanol–water partition coefficient (Wildman–Crippen LogP) is 2.94. The molecule has 122 valence electrons. The van der Waals surface area contributed by atoms with Gasteiger partial charge in [-0.15, -0.1) is 0 Å². The monoisotopic (exact) mass is 331 g/mol. The molecule has 0 amide bonds. The van der Waals surface area contributed by atoms with Crippen molar-refractivity contribution >= 4 is 17.4 Å². The van der Waals surface area contributed by atoms with Crippen LogP contribution in [0.25, 0.3) is 0 Å². The first-order chi connectivity index (χ1) is 11.2. The maximum absolute atomic E-state index is 9.71. The zero-order valence-corrected chi connectivity index (χ0v) is 14.1. The van der Waals surface area contributed by atoms with Crippen LogP contribution in [-0.4, -0.2) is 41.2 Å². The quantitative estimate of drug-likeness (QED) is 0.938. The summed E-state index contributed by atoms with van der Waals surface area (Å²) in [6, 6.07) is 12.1. The lowest BCUT2D eigenvalue weighted by atomic mass is 10.1. The molecule has 0 aliphatic carbocycles. The van der Waals surface area contributed by atoms with Gasteiger partial charge in [0, 0.05) is 43.5 Å². The number of halogens is 1. The molecule has 1 aliphatic heterocycles. The van der Waals surface area contributed by atoms with E-state index in [-0.39, 0.29) is 12.6 Å². The van der Waals surface area contributed by atoms with E-state index in [1.807, 2.05) is 37.5 Å². The Balaban J connectivity index is 1.87. The van der Waals surface area contributed by atoms with Crippen LogP contribution in [-0.2, 0) is 13.1 Å². The summed E-state index contributed by atoms with van der Waals surface area (Å²) in [5.74, 6) is 0.954. The molecule has 1 N–H and O–H groups in total. The summed E-state index contributed by atoms with van der Waals surface area (Å²) in [5, 5.41) is 10.5. The topological polar surface area (TPSA) is 39.6 Å². The molecule has 1 atom stereocenters. The van der Waals surface area contributed by atoms with Gasteiger partial charge in [-0.1, -0.05) is 35.9 Å². The zero-order chi connectivity index (χ0) is 16.2. The molecule has 5 heteroatoms. The maximum Gasteiger partial charge on any atom is 0.133 e. The smallest absolute Gasteiger partial charge is 0.133 e. The number of likely N-dealkylation sites (N-methyl/N-ethyl adjacent to an activating group) is 1. The molecular formula is C18H22ClN3O. The molecule has 0 fully saturated rings. The summed E-state index contributed by atoms with van der Waals surface area (Å²) < 4.78 is 0. The molecule has 23 heavy (non-hydrogen) atoms. The van der Waals surface area contributed by atoms with Crippen molar-refractivity contribution in [3.05, 3.63) is 58.7 Å². The SMILES string of the molecule is CN1c2ncccc2CN(Cc2ccccc2Cl)CC[C@H]1CO. The Hall–Kier alpha value is -1.62. The average Bonchev–Trinajstić information content (AvgIpc) is 2.56. The number of fused-ring (bicyclic) bond motifs is 1. The Kier molecular flexibility index (Phi) is 5.16. The Labute approximate surface area is 142 Å². The van der Waals surface area contributed by atoms with E-state index in [0.717, 1.165) is 42.5 Å². The van der Waals surface area contributed by atoms with E-state index in [1.165, 1.54) is 5.56 Å². The molecule has 0 unspecified atom stereocenters. The Morgan fingerprint density at radius 1 is 1.26 bits per heavy atom. The van der Waals surface area contributed by atoms with Crippen molar-refractivity contribution in [2.75, 3.05) is 25.1 Å². The third kappa shape index (κ3) is 3.66. The van der Waals surface area contributed by atoms with Crippen LogP contribution in [0.15, 0.2) is 42.6 Å². The van der Waals surface area contributed by atoms with E-state index in [4.69, 9.17) is 11.6 Å². The summed E-state index contributed by atoms with van der Waals surface area (Å²) in [7, 11) is 2.01. The lowest BCUT2D eigenvalue weighted by Crippen LogP contribution is -2.41. The van der Waals surface area contributed by atoms with E-state index in [2.05, 4.69) is 26.9 Å². The fourth-order valence-electron chi connectivity index (χ4n) is 3.11. The standard InChI is InChI=1S/C18H22ClN3O/c1-21-16(13-23)8-10-22(11-14-5-2-3-7-17(14)19)12-15-6-4-9-20-18(15)21/h2-7,9,16,23H,8,10-13H2,1H3/t16-/m0/s1. The van der Waals surface area contributed by atoms with Crippen molar-refractivity contribution in [2.45, 2.75) is 25.6 Å². The molecule has 1 aliphatic rings. The van der Waals surface area contributed by atoms with Crippen molar-refractivity contribution < 1.29 is 5.11 Å². The molecule has 2 aromatic rings. The molecule has 3 rings (SSSR count). The number of pyridine rings is 1. The van der Waals surface area contributed by atoms with Crippen molar-refractivity contribution in [2.24, 2.45) is 0 Å². The van der Waals surface area contributed by atoms with Gasteiger partial charge in [-0.3, -0.25) is 4.90 Å². The molecule has 0 spiro atoms. The Bertz CT molecular complexity index is 664. The summed E-state index contributed by atoms with van der Waals surface area (Å²) in [4.78, 5) is 8.99. The van der Waals surface area contributed by atoms with Gasteiger partial charge in [0.1, 0.15) is 5.82 Å². The molecular weight excluding hydrogens is 310 g/mol. The lowest BCUT2D eigenvalue weighted by Gasteiger charge is -2.35. The van der Waals surface area contributed by atoms with Crippen molar-refractivity contribution in [1.82, 2.24) is 9.88 Å².